The van der Waals surface area contributed by atoms with Crippen molar-refractivity contribution in [3.8, 4) is 0 Å². The lowest BCUT2D eigenvalue weighted by atomic mass is 9.89. The van der Waals surface area contributed by atoms with Crippen LogP contribution in [0.3, 0.4) is 0 Å². The van der Waals surface area contributed by atoms with Gasteiger partial charge < -0.3 is 15.0 Å². The molecule has 0 spiro atoms. The standard InChI is InChI=1S/C15H25N3O/c1-10-6-7-14(19-10)13-8-9-16-15-17-11-4-2-3-5-12(11)18(13)15/h10-14H,2-9H2,1H3,(H,16,17). The fourth-order valence-corrected chi connectivity index (χ4v) is 4.46. The highest BCUT2D eigenvalue weighted by Crippen LogP contribution is 2.36. The smallest absolute Gasteiger partial charge is 0.194 e. The number of fused-ring (bicyclic) bond motifs is 3. The summed E-state index contributed by atoms with van der Waals surface area (Å²) in [5.74, 6) is 1.18. The SMILES string of the molecule is CC1CCC(C2CCN=C3NC4CCCCC4N32)O1. The molecule has 19 heavy (non-hydrogen) atoms. The summed E-state index contributed by atoms with van der Waals surface area (Å²) in [5.41, 5.74) is 0. The Hall–Kier alpha value is -0.770. The van der Waals surface area contributed by atoms with E-state index in [-0.39, 0.29) is 0 Å². The first-order valence-corrected chi connectivity index (χ1v) is 8.08. The van der Waals surface area contributed by atoms with E-state index in [2.05, 4.69) is 17.1 Å². The van der Waals surface area contributed by atoms with E-state index >= 15 is 0 Å². The summed E-state index contributed by atoms with van der Waals surface area (Å²) < 4.78 is 6.16. The maximum atomic E-state index is 6.16. The van der Waals surface area contributed by atoms with Gasteiger partial charge in [-0.1, -0.05) is 12.8 Å². The van der Waals surface area contributed by atoms with Crippen LogP contribution >= 0.6 is 0 Å². The molecule has 4 heteroatoms. The van der Waals surface area contributed by atoms with Crippen molar-refractivity contribution in [1.29, 1.82) is 0 Å². The molecule has 1 N–H and O–H groups in total. The van der Waals surface area contributed by atoms with Crippen LogP contribution in [0, 0.1) is 0 Å². The van der Waals surface area contributed by atoms with Crippen molar-refractivity contribution in [3.63, 3.8) is 0 Å². The minimum absolute atomic E-state index is 0.433. The predicted octanol–water partition coefficient (Wildman–Crippen LogP) is 1.90. The predicted molar refractivity (Wildman–Crippen MR) is 75.3 cm³/mol. The van der Waals surface area contributed by atoms with Gasteiger partial charge >= 0.3 is 0 Å². The van der Waals surface area contributed by atoms with Gasteiger partial charge in [0.25, 0.3) is 0 Å². The Morgan fingerprint density at radius 1 is 1.11 bits per heavy atom. The molecule has 0 bridgehead atoms. The molecule has 3 aliphatic heterocycles. The molecule has 1 aliphatic carbocycles. The largest absolute Gasteiger partial charge is 0.373 e. The zero-order valence-electron chi connectivity index (χ0n) is 11.8. The van der Waals surface area contributed by atoms with Crippen molar-refractivity contribution in [2.45, 2.75) is 82.2 Å². The van der Waals surface area contributed by atoms with Crippen molar-refractivity contribution in [3.05, 3.63) is 0 Å². The van der Waals surface area contributed by atoms with Crippen LogP contribution in [0.2, 0.25) is 0 Å². The second-order valence-electron chi connectivity index (χ2n) is 6.63. The van der Waals surface area contributed by atoms with E-state index in [4.69, 9.17) is 9.73 Å². The molecule has 4 nitrogen and oxygen atoms in total. The summed E-state index contributed by atoms with van der Waals surface area (Å²) in [6.07, 6.45) is 9.90. The van der Waals surface area contributed by atoms with E-state index in [9.17, 15) is 0 Å². The van der Waals surface area contributed by atoms with Gasteiger partial charge in [0.2, 0.25) is 0 Å². The van der Waals surface area contributed by atoms with Crippen LogP contribution in [0.5, 0.6) is 0 Å². The molecular weight excluding hydrogens is 238 g/mol. The van der Waals surface area contributed by atoms with E-state index in [0.29, 0.717) is 30.3 Å². The number of aliphatic imine (C=N–C) groups is 1. The Balaban J connectivity index is 1.58. The van der Waals surface area contributed by atoms with Crippen molar-refractivity contribution >= 4 is 5.96 Å². The lowest BCUT2D eigenvalue weighted by molar-refractivity contribution is -0.00269. The van der Waals surface area contributed by atoms with Gasteiger partial charge in [-0.3, -0.25) is 4.99 Å². The average Bonchev–Trinajstić information content (AvgIpc) is 3.01. The second kappa shape index (κ2) is 4.65. The normalized spacial score (nSPS) is 45.4. The quantitative estimate of drug-likeness (QED) is 0.785. The van der Waals surface area contributed by atoms with Crippen LogP contribution in [-0.2, 0) is 4.74 Å². The van der Waals surface area contributed by atoms with Crippen LogP contribution in [0.25, 0.3) is 0 Å². The summed E-state index contributed by atoms with van der Waals surface area (Å²) in [6, 6.07) is 1.89. The lowest BCUT2D eigenvalue weighted by Gasteiger charge is -2.41. The second-order valence-corrected chi connectivity index (χ2v) is 6.63. The Morgan fingerprint density at radius 3 is 2.84 bits per heavy atom. The number of nitrogens with one attached hydrogen (secondary N) is 1. The summed E-state index contributed by atoms with van der Waals surface area (Å²) in [5, 5.41) is 3.68. The fraction of sp³-hybridized carbons (Fsp3) is 0.933. The van der Waals surface area contributed by atoms with Gasteiger partial charge in [-0.15, -0.1) is 0 Å². The zero-order chi connectivity index (χ0) is 12.8. The number of guanidine groups is 1. The number of nitrogens with zero attached hydrogens (tertiary/aromatic N) is 2. The molecule has 0 aromatic rings. The van der Waals surface area contributed by atoms with Gasteiger partial charge in [0.05, 0.1) is 24.3 Å². The number of ether oxygens (including phenoxy) is 1. The van der Waals surface area contributed by atoms with Crippen molar-refractivity contribution in [1.82, 2.24) is 10.2 Å². The van der Waals surface area contributed by atoms with E-state index < -0.39 is 0 Å². The summed E-state index contributed by atoms with van der Waals surface area (Å²) >= 11 is 0. The third-order valence-electron chi connectivity index (χ3n) is 5.38. The molecule has 3 heterocycles. The summed E-state index contributed by atoms with van der Waals surface area (Å²) in [6.45, 7) is 3.18. The van der Waals surface area contributed by atoms with Crippen LogP contribution in [-0.4, -0.2) is 47.7 Å². The third kappa shape index (κ3) is 1.95. The molecular formula is C15H25N3O. The molecule has 3 fully saturated rings. The first-order chi connectivity index (χ1) is 9.33. The zero-order valence-corrected chi connectivity index (χ0v) is 11.8. The summed E-state index contributed by atoms with van der Waals surface area (Å²) in [7, 11) is 0. The van der Waals surface area contributed by atoms with Crippen LogP contribution in [0.15, 0.2) is 4.99 Å². The molecule has 5 atom stereocenters. The first kappa shape index (κ1) is 12.0. The molecule has 2 saturated heterocycles. The van der Waals surface area contributed by atoms with Crippen molar-refractivity contribution in [2.24, 2.45) is 4.99 Å². The lowest BCUT2D eigenvalue weighted by Crippen LogP contribution is -2.52. The molecule has 4 aliphatic rings. The number of hydrogen-bond donors (Lipinski definition) is 1. The van der Waals surface area contributed by atoms with Gasteiger partial charge in [-0.2, -0.15) is 0 Å². The molecule has 4 rings (SSSR count). The maximum Gasteiger partial charge on any atom is 0.194 e. The van der Waals surface area contributed by atoms with E-state index in [1.54, 1.807) is 0 Å². The van der Waals surface area contributed by atoms with Gasteiger partial charge in [-0.25, -0.2) is 0 Å². The molecule has 106 valence electrons. The maximum absolute atomic E-state index is 6.16. The topological polar surface area (TPSA) is 36.9 Å². The molecule has 0 aromatic carbocycles. The third-order valence-corrected chi connectivity index (χ3v) is 5.38. The van der Waals surface area contributed by atoms with E-state index in [1.807, 2.05) is 0 Å². The van der Waals surface area contributed by atoms with Gasteiger partial charge in [0, 0.05) is 12.6 Å². The van der Waals surface area contributed by atoms with Crippen LogP contribution in [0.1, 0.15) is 51.9 Å². The van der Waals surface area contributed by atoms with Crippen LogP contribution in [0.4, 0.5) is 0 Å². The van der Waals surface area contributed by atoms with Crippen LogP contribution < -0.4 is 5.32 Å². The monoisotopic (exact) mass is 263 g/mol. The minimum Gasteiger partial charge on any atom is -0.373 e. The molecule has 0 aromatic heterocycles. The highest BCUT2D eigenvalue weighted by molar-refractivity contribution is 5.84. The Bertz CT molecular complexity index is 384. The Labute approximate surface area is 115 Å². The van der Waals surface area contributed by atoms with E-state index in [0.717, 1.165) is 6.54 Å². The molecule has 0 amide bonds. The average molecular weight is 263 g/mol. The fourth-order valence-electron chi connectivity index (χ4n) is 4.46. The molecule has 0 radical (unpaired) electrons. The van der Waals surface area contributed by atoms with Crippen molar-refractivity contribution < 1.29 is 4.74 Å². The van der Waals surface area contributed by atoms with Crippen molar-refractivity contribution in [2.75, 3.05) is 6.54 Å². The highest BCUT2D eigenvalue weighted by atomic mass is 16.5. The number of rotatable bonds is 1. The Kier molecular flexibility index (Phi) is 2.94. The highest BCUT2D eigenvalue weighted by Gasteiger charge is 2.46. The summed E-state index contributed by atoms with van der Waals surface area (Å²) in [4.78, 5) is 7.34. The number of hydrogen-bond acceptors (Lipinski definition) is 4. The molecule has 1 saturated carbocycles. The van der Waals surface area contributed by atoms with Gasteiger partial charge in [0.1, 0.15) is 0 Å². The van der Waals surface area contributed by atoms with E-state index in [1.165, 1.54) is 50.9 Å². The van der Waals surface area contributed by atoms with Gasteiger partial charge in [-0.05, 0) is 39.0 Å². The minimum atomic E-state index is 0.433. The first-order valence-electron chi connectivity index (χ1n) is 8.08. The molecule has 5 unspecified atom stereocenters. The Morgan fingerprint density at radius 2 is 2.00 bits per heavy atom. The van der Waals surface area contributed by atoms with Gasteiger partial charge in [0.15, 0.2) is 5.96 Å².